The molecule has 0 bridgehead atoms. The van der Waals surface area contributed by atoms with E-state index in [-0.39, 0.29) is 13.3 Å². The van der Waals surface area contributed by atoms with E-state index in [1.807, 2.05) is 18.2 Å². The van der Waals surface area contributed by atoms with E-state index in [9.17, 15) is 9.59 Å². The van der Waals surface area contributed by atoms with Crippen LogP contribution in [0.4, 0.5) is 5.69 Å². The van der Waals surface area contributed by atoms with Crippen molar-refractivity contribution < 1.29 is 28.2 Å². The Labute approximate surface area is 179 Å². The van der Waals surface area contributed by atoms with Crippen molar-refractivity contribution in [3.05, 3.63) is 77.7 Å². The Morgan fingerprint density at radius 2 is 1.87 bits per heavy atom. The number of hydrogen-bond acceptors (Lipinski definition) is 7. The Balaban J connectivity index is 1.32. The standard InChI is InChI=1S/C23H22N2O6/c1-15(22(26)25-12-16-8-9-20-21(11-16)30-14-29-20)31-23(27)18-6-2-3-7-19(18)24-13-17-5-4-10-28-17/h2-11,15,24H,12-14H2,1H3,(H,25,26). The van der Waals surface area contributed by atoms with E-state index in [0.29, 0.717) is 29.3 Å². The molecule has 1 aliphatic rings. The van der Waals surface area contributed by atoms with Crippen LogP contribution in [0.2, 0.25) is 0 Å². The lowest BCUT2D eigenvalue weighted by molar-refractivity contribution is -0.129. The van der Waals surface area contributed by atoms with Gasteiger partial charge in [-0.1, -0.05) is 18.2 Å². The highest BCUT2D eigenvalue weighted by Crippen LogP contribution is 2.32. The quantitative estimate of drug-likeness (QED) is 0.536. The van der Waals surface area contributed by atoms with Crippen LogP contribution in [-0.4, -0.2) is 24.8 Å². The molecule has 31 heavy (non-hydrogen) atoms. The van der Waals surface area contributed by atoms with Crippen molar-refractivity contribution in [2.75, 3.05) is 12.1 Å². The van der Waals surface area contributed by atoms with Gasteiger partial charge in [0.25, 0.3) is 5.91 Å². The van der Waals surface area contributed by atoms with Crippen LogP contribution < -0.4 is 20.1 Å². The van der Waals surface area contributed by atoms with E-state index in [0.717, 1.165) is 11.3 Å². The maximum atomic E-state index is 12.6. The molecule has 0 fully saturated rings. The zero-order chi connectivity index (χ0) is 21.6. The van der Waals surface area contributed by atoms with Gasteiger partial charge in [0.05, 0.1) is 18.4 Å². The van der Waals surface area contributed by atoms with Gasteiger partial charge in [-0.3, -0.25) is 4.79 Å². The summed E-state index contributed by atoms with van der Waals surface area (Å²) in [7, 11) is 0. The molecule has 1 aliphatic heterocycles. The molecule has 8 heteroatoms. The van der Waals surface area contributed by atoms with E-state index in [4.69, 9.17) is 18.6 Å². The molecule has 1 atom stereocenters. The molecular weight excluding hydrogens is 400 g/mol. The SMILES string of the molecule is CC(OC(=O)c1ccccc1NCc1ccco1)C(=O)NCc1ccc2c(c1)OCO2. The lowest BCUT2D eigenvalue weighted by Gasteiger charge is -2.15. The van der Waals surface area contributed by atoms with Gasteiger partial charge in [0, 0.05) is 12.2 Å². The molecular formula is C23H22N2O6. The molecule has 2 N–H and O–H groups in total. The number of carbonyl (C=O) groups is 2. The fourth-order valence-electron chi connectivity index (χ4n) is 3.07. The summed E-state index contributed by atoms with van der Waals surface area (Å²) >= 11 is 0. The Morgan fingerprint density at radius 3 is 2.71 bits per heavy atom. The number of ether oxygens (including phenoxy) is 3. The average molecular weight is 422 g/mol. The Bertz CT molecular complexity index is 1060. The molecule has 0 aliphatic carbocycles. The second kappa shape index (κ2) is 9.25. The number of hydrogen-bond donors (Lipinski definition) is 2. The summed E-state index contributed by atoms with van der Waals surface area (Å²) in [6, 6.07) is 16.0. The fraction of sp³-hybridized carbons (Fsp3) is 0.217. The van der Waals surface area contributed by atoms with Gasteiger partial charge in [-0.25, -0.2) is 4.79 Å². The second-order valence-electron chi connectivity index (χ2n) is 6.93. The van der Waals surface area contributed by atoms with Crippen molar-refractivity contribution in [1.82, 2.24) is 5.32 Å². The molecule has 8 nitrogen and oxygen atoms in total. The fourth-order valence-corrected chi connectivity index (χ4v) is 3.07. The van der Waals surface area contributed by atoms with Crippen molar-refractivity contribution in [2.45, 2.75) is 26.1 Å². The number of nitrogens with one attached hydrogen (secondary N) is 2. The summed E-state index contributed by atoms with van der Waals surface area (Å²) < 4.78 is 21.3. The Morgan fingerprint density at radius 1 is 1.03 bits per heavy atom. The van der Waals surface area contributed by atoms with Crippen LogP contribution >= 0.6 is 0 Å². The van der Waals surface area contributed by atoms with Gasteiger partial charge in [0.15, 0.2) is 17.6 Å². The molecule has 0 saturated heterocycles. The predicted molar refractivity (Wildman–Crippen MR) is 112 cm³/mol. The average Bonchev–Trinajstić information content (AvgIpc) is 3.47. The van der Waals surface area contributed by atoms with Crippen LogP contribution in [0.5, 0.6) is 11.5 Å². The number of benzene rings is 2. The molecule has 0 radical (unpaired) electrons. The van der Waals surface area contributed by atoms with Gasteiger partial charge < -0.3 is 29.3 Å². The number of fused-ring (bicyclic) bond motifs is 1. The highest BCUT2D eigenvalue weighted by molar-refractivity contribution is 5.97. The molecule has 2 aromatic carbocycles. The van der Waals surface area contributed by atoms with Gasteiger partial charge in [0.1, 0.15) is 5.76 Å². The van der Waals surface area contributed by atoms with Gasteiger partial charge in [-0.05, 0) is 48.9 Å². The first-order valence-electron chi connectivity index (χ1n) is 9.82. The van der Waals surface area contributed by atoms with Crippen LogP contribution in [0, 0.1) is 0 Å². The summed E-state index contributed by atoms with van der Waals surface area (Å²) in [5.41, 5.74) is 1.78. The zero-order valence-corrected chi connectivity index (χ0v) is 16.9. The number of carbonyl (C=O) groups excluding carboxylic acids is 2. The third-order valence-electron chi connectivity index (χ3n) is 4.74. The molecule has 1 amide bonds. The summed E-state index contributed by atoms with van der Waals surface area (Å²) in [6.45, 7) is 2.42. The predicted octanol–water partition coefficient (Wildman–Crippen LogP) is 3.48. The van der Waals surface area contributed by atoms with Crippen LogP contribution in [0.15, 0.2) is 65.3 Å². The first-order valence-corrected chi connectivity index (χ1v) is 9.82. The van der Waals surface area contributed by atoms with Crippen LogP contribution in [-0.2, 0) is 22.6 Å². The third-order valence-corrected chi connectivity index (χ3v) is 4.74. The second-order valence-corrected chi connectivity index (χ2v) is 6.93. The van der Waals surface area contributed by atoms with E-state index in [2.05, 4.69) is 10.6 Å². The number of amides is 1. The van der Waals surface area contributed by atoms with Gasteiger partial charge in [-0.15, -0.1) is 0 Å². The minimum absolute atomic E-state index is 0.190. The monoisotopic (exact) mass is 422 g/mol. The van der Waals surface area contributed by atoms with Crippen molar-refractivity contribution in [2.24, 2.45) is 0 Å². The van der Waals surface area contributed by atoms with Crippen molar-refractivity contribution in [3.8, 4) is 11.5 Å². The zero-order valence-electron chi connectivity index (χ0n) is 16.9. The van der Waals surface area contributed by atoms with Crippen LogP contribution in [0.1, 0.15) is 28.6 Å². The van der Waals surface area contributed by atoms with E-state index in [1.54, 1.807) is 42.7 Å². The summed E-state index contributed by atoms with van der Waals surface area (Å²) in [6.07, 6.45) is 0.626. The molecule has 4 rings (SSSR count). The first-order chi connectivity index (χ1) is 15.1. The Hall–Kier alpha value is -3.94. The van der Waals surface area contributed by atoms with E-state index >= 15 is 0 Å². The molecule has 1 aromatic heterocycles. The normalized spacial score (nSPS) is 12.8. The maximum absolute atomic E-state index is 12.6. The van der Waals surface area contributed by atoms with Gasteiger partial charge >= 0.3 is 5.97 Å². The minimum atomic E-state index is -0.959. The van der Waals surface area contributed by atoms with Gasteiger partial charge in [-0.2, -0.15) is 0 Å². The highest BCUT2D eigenvalue weighted by Gasteiger charge is 2.21. The van der Waals surface area contributed by atoms with Gasteiger partial charge in [0.2, 0.25) is 6.79 Å². The summed E-state index contributed by atoms with van der Waals surface area (Å²) in [5.74, 6) is 1.07. The van der Waals surface area contributed by atoms with Crippen molar-refractivity contribution >= 4 is 17.6 Å². The molecule has 1 unspecified atom stereocenters. The summed E-state index contributed by atoms with van der Waals surface area (Å²) in [5, 5.41) is 5.91. The number of para-hydroxylation sites is 1. The molecule has 0 spiro atoms. The topological polar surface area (TPSA) is 99.0 Å². The lowest BCUT2D eigenvalue weighted by atomic mass is 10.1. The number of esters is 1. The van der Waals surface area contributed by atoms with Crippen LogP contribution in [0.25, 0.3) is 0 Å². The number of furan rings is 1. The lowest BCUT2D eigenvalue weighted by Crippen LogP contribution is -2.35. The van der Waals surface area contributed by atoms with Crippen molar-refractivity contribution in [3.63, 3.8) is 0 Å². The highest BCUT2D eigenvalue weighted by atomic mass is 16.7. The van der Waals surface area contributed by atoms with Crippen molar-refractivity contribution in [1.29, 1.82) is 0 Å². The number of anilines is 1. The molecule has 0 saturated carbocycles. The summed E-state index contributed by atoms with van der Waals surface area (Å²) in [4.78, 5) is 25.1. The third kappa shape index (κ3) is 4.98. The Kier molecular flexibility index (Phi) is 6.07. The minimum Gasteiger partial charge on any atom is -0.467 e. The van der Waals surface area contributed by atoms with Crippen LogP contribution in [0.3, 0.4) is 0 Å². The largest absolute Gasteiger partial charge is 0.467 e. The molecule has 2 heterocycles. The molecule has 3 aromatic rings. The van der Waals surface area contributed by atoms with E-state index < -0.39 is 18.0 Å². The molecule has 160 valence electrons. The maximum Gasteiger partial charge on any atom is 0.341 e. The number of rotatable bonds is 8. The smallest absolute Gasteiger partial charge is 0.341 e. The van der Waals surface area contributed by atoms with E-state index in [1.165, 1.54) is 6.92 Å². The first kappa shape index (κ1) is 20.3.